The number of ether oxygens (including phenoxy) is 1. The van der Waals surface area contributed by atoms with E-state index in [1.807, 2.05) is 24.3 Å². The third-order valence-electron chi connectivity index (χ3n) is 4.19. The molecular formula is C19H22N4O3. The SMILES string of the molecule is CC1Oc2ccc(N)nc2N(CC(=O)Nc2ccccc2C(C)C)C1=O. The number of fused-ring (bicyclic) bond motifs is 1. The molecule has 3 N–H and O–H groups in total. The van der Waals surface area contributed by atoms with Crippen LogP contribution in [0.1, 0.15) is 32.3 Å². The Morgan fingerprint density at radius 3 is 2.77 bits per heavy atom. The van der Waals surface area contributed by atoms with Gasteiger partial charge in [-0.2, -0.15) is 0 Å². The number of benzene rings is 1. The minimum Gasteiger partial charge on any atom is -0.477 e. The van der Waals surface area contributed by atoms with Crippen molar-refractivity contribution in [2.24, 2.45) is 0 Å². The van der Waals surface area contributed by atoms with Crippen LogP contribution in [0.4, 0.5) is 17.3 Å². The van der Waals surface area contributed by atoms with Crippen molar-refractivity contribution in [3.8, 4) is 5.75 Å². The van der Waals surface area contributed by atoms with Crippen molar-refractivity contribution >= 4 is 29.1 Å². The van der Waals surface area contributed by atoms with Crippen LogP contribution in [-0.4, -0.2) is 29.4 Å². The molecule has 2 heterocycles. The minimum absolute atomic E-state index is 0.164. The van der Waals surface area contributed by atoms with Crippen molar-refractivity contribution in [3.63, 3.8) is 0 Å². The number of pyridine rings is 1. The Bertz CT molecular complexity index is 850. The van der Waals surface area contributed by atoms with E-state index in [4.69, 9.17) is 10.5 Å². The lowest BCUT2D eigenvalue weighted by Gasteiger charge is -2.31. The summed E-state index contributed by atoms with van der Waals surface area (Å²) in [4.78, 5) is 30.6. The van der Waals surface area contributed by atoms with E-state index in [0.29, 0.717) is 5.75 Å². The van der Waals surface area contributed by atoms with Crippen LogP contribution < -0.4 is 20.7 Å². The molecular weight excluding hydrogens is 332 g/mol. The topological polar surface area (TPSA) is 97.6 Å². The number of nitrogens with zero attached hydrogens (tertiary/aromatic N) is 2. The second-order valence-electron chi connectivity index (χ2n) is 6.53. The van der Waals surface area contributed by atoms with E-state index < -0.39 is 6.10 Å². The molecule has 1 aliphatic rings. The molecule has 0 fully saturated rings. The molecule has 2 amide bonds. The zero-order chi connectivity index (χ0) is 18.8. The van der Waals surface area contributed by atoms with Crippen LogP contribution in [-0.2, 0) is 9.59 Å². The van der Waals surface area contributed by atoms with Crippen LogP contribution in [0.5, 0.6) is 5.75 Å². The van der Waals surface area contributed by atoms with Crippen molar-refractivity contribution in [1.29, 1.82) is 0 Å². The molecule has 0 spiro atoms. The molecule has 0 aliphatic carbocycles. The highest BCUT2D eigenvalue weighted by Crippen LogP contribution is 2.33. The number of nitrogens with one attached hydrogen (secondary N) is 1. The van der Waals surface area contributed by atoms with E-state index in [2.05, 4.69) is 24.1 Å². The molecule has 1 aromatic carbocycles. The van der Waals surface area contributed by atoms with Gasteiger partial charge in [0.25, 0.3) is 5.91 Å². The van der Waals surface area contributed by atoms with E-state index in [-0.39, 0.29) is 35.9 Å². The number of nitrogen functional groups attached to an aromatic ring is 1. The highest BCUT2D eigenvalue weighted by Gasteiger charge is 2.34. The predicted octanol–water partition coefficient (Wildman–Crippen LogP) is 2.54. The van der Waals surface area contributed by atoms with Gasteiger partial charge in [-0.15, -0.1) is 0 Å². The van der Waals surface area contributed by atoms with Crippen molar-refractivity contribution in [3.05, 3.63) is 42.0 Å². The first-order valence-corrected chi connectivity index (χ1v) is 8.50. The number of hydrogen-bond acceptors (Lipinski definition) is 5. The molecule has 0 bridgehead atoms. The first kappa shape index (κ1) is 17.7. The van der Waals surface area contributed by atoms with Crippen LogP contribution in [0.2, 0.25) is 0 Å². The van der Waals surface area contributed by atoms with Gasteiger partial charge in [0, 0.05) is 5.69 Å². The van der Waals surface area contributed by atoms with E-state index in [1.54, 1.807) is 19.1 Å². The van der Waals surface area contributed by atoms with Crippen LogP contribution in [0.3, 0.4) is 0 Å². The highest BCUT2D eigenvalue weighted by atomic mass is 16.5. The summed E-state index contributed by atoms with van der Waals surface area (Å²) >= 11 is 0. The molecule has 26 heavy (non-hydrogen) atoms. The molecule has 0 saturated carbocycles. The van der Waals surface area contributed by atoms with E-state index >= 15 is 0 Å². The van der Waals surface area contributed by atoms with Crippen LogP contribution >= 0.6 is 0 Å². The van der Waals surface area contributed by atoms with Crippen LogP contribution in [0.15, 0.2) is 36.4 Å². The Balaban J connectivity index is 1.83. The standard InChI is InChI=1S/C19H22N4O3/c1-11(2)13-6-4-5-7-14(13)21-17(24)10-23-18-15(8-9-16(20)22-18)26-12(3)19(23)25/h4-9,11-12H,10H2,1-3H3,(H2,20,22)(H,21,24). The molecule has 1 aliphatic heterocycles. The van der Waals surface area contributed by atoms with Crippen molar-refractivity contribution in [1.82, 2.24) is 4.98 Å². The second-order valence-corrected chi connectivity index (χ2v) is 6.53. The number of carbonyl (C=O) groups is 2. The predicted molar refractivity (Wildman–Crippen MR) is 100 cm³/mol. The molecule has 1 atom stereocenters. The Morgan fingerprint density at radius 1 is 1.31 bits per heavy atom. The largest absolute Gasteiger partial charge is 0.477 e. The minimum atomic E-state index is -0.691. The summed E-state index contributed by atoms with van der Waals surface area (Å²) in [6.45, 7) is 5.59. The number of amides is 2. The molecule has 3 rings (SSSR count). The van der Waals surface area contributed by atoms with Gasteiger partial charge in [0.05, 0.1) is 0 Å². The quantitative estimate of drug-likeness (QED) is 0.879. The van der Waals surface area contributed by atoms with Gasteiger partial charge in [-0.25, -0.2) is 4.98 Å². The lowest BCUT2D eigenvalue weighted by atomic mass is 10.0. The molecule has 0 saturated heterocycles. The first-order chi connectivity index (χ1) is 12.4. The normalized spacial score (nSPS) is 16.2. The molecule has 2 aromatic rings. The molecule has 0 radical (unpaired) electrons. The summed E-state index contributed by atoms with van der Waals surface area (Å²) in [6, 6.07) is 10.9. The Hall–Kier alpha value is -3.09. The number of para-hydroxylation sites is 1. The van der Waals surface area contributed by atoms with Gasteiger partial charge in [-0.05, 0) is 36.6 Å². The highest BCUT2D eigenvalue weighted by molar-refractivity contribution is 6.05. The fraction of sp³-hybridized carbons (Fsp3) is 0.316. The number of anilines is 3. The van der Waals surface area contributed by atoms with Crippen molar-refractivity contribution in [2.45, 2.75) is 32.8 Å². The van der Waals surface area contributed by atoms with Gasteiger partial charge in [0.2, 0.25) is 5.91 Å². The number of nitrogens with two attached hydrogens (primary N) is 1. The van der Waals surface area contributed by atoms with Gasteiger partial charge in [0.15, 0.2) is 17.7 Å². The van der Waals surface area contributed by atoms with Crippen molar-refractivity contribution < 1.29 is 14.3 Å². The molecule has 1 aromatic heterocycles. The third kappa shape index (κ3) is 3.46. The van der Waals surface area contributed by atoms with Gasteiger partial charge in [-0.3, -0.25) is 14.5 Å². The summed E-state index contributed by atoms with van der Waals surface area (Å²) in [5.41, 5.74) is 7.50. The molecule has 7 heteroatoms. The van der Waals surface area contributed by atoms with E-state index in [1.165, 1.54) is 4.90 Å². The Kier molecular flexibility index (Phi) is 4.79. The fourth-order valence-electron chi connectivity index (χ4n) is 2.90. The zero-order valence-electron chi connectivity index (χ0n) is 15.0. The fourth-order valence-corrected chi connectivity index (χ4v) is 2.90. The van der Waals surface area contributed by atoms with Gasteiger partial charge >= 0.3 is 0 Å². The van der Waals surface area contributed by atoms with E-state index in [9.17, 15) is 9.59 Å². The lowest BCUT2D eigenvalue weighted by molar-refractivity contribution is -0.127. The summed E-state index contributed by atoms with van der Waals surface area (Å²) in [6.07, 6.45) is -0.691. The molecule has 7 nitrogen and oxygen atoms in total. The second kappa shape index (κ2) is 7.03. The van der Waals surface area contributed by atoms with Crippen LogP contribution in [0, 0.1) is 0 Å². The Labute approximate surface area is 152 Å². The summed E-state index contributed by atoms with van der Waals surface area (Å²) in [5.74, 6) is 0.574. The monoisotopic (exact) mass is 354 g/mol. The maximum atomic E-state index is 12.6. The van der Waals surface area contributed by atoms with Gasteiger partial charge in [0.1, 0.15) is 12.4 Å². The molecule has 1 unspecified atom stereocenters. The summed E-state index contributed by atoms with van der Waals surface area (Å²) in [7, 11) is 0. The average molecular weight is 354 g/mol. The van der Waals surface area contributed by atoms with Gasteiger partial charge in [-0.1, -0.05) is 32.0 Å². The number of carbonyl (C=O) groups excluding carboxylic acids is 2. The number of rotatable bonds is 4. The third-order valence-corrected chi connectivity index (χ3v) is 4.19. The first-order valence-electron chi connectivity index (χ1n) is 8.50. The molecule has 136 valence electrons. The smallest absolute Gasteiger partial charge is 0.269 e. The maximum absolute atomic E-state index is 12.6. The Morgan fingerprint density at radius 2 is 2.04 bits per heavy atom. The van der Waals surface area contributed by atoms with Gasteiger partial charge < -0.3 is 15.8 Å². The average Bonchev–Trinajstić information content (AvgIpc) is 2.60. The van der Waals surface area contributed by atoms with E-state index in [0.717, 1.165) is 11.3 Å². The summed E-state index contributed by atoms with van der Waals surface area (Å²) in [5, 5.41) is 2.89. The maximum Gasteiger partial charge on any atom is 0.269 e. The summed E-state index contributed by atoms with van der Waals surface area (Å²) < 4.78 is 5.54. The number of hydrogen-bond donors (Lipinski definition) is 2. The zero-order valence-corrected chi connectivity index (χ0v) is 15.0. The lowest BCUT2D eigenvalue weighted by Crippen LogP contribution is -2.48. The number of aromatic nitrogens is 1. The van der Waals surface area contributed by atoms with Crippen LogP contribution in [0.25, 0.3) is 0 Å². The van der Waals surface area contributed by atoms with Crippen molar-refractivity contribution in [2.75, 3.05) is 22.5 Å².